The number of nitrogens with one attached hydrogen (secondary N) is 1. The highest BCUT2D eigenvalue weighted by Crippen LogP contribution is 2.30. The van der Waals surface area contributed by atoms with E-state index in [1.54, 1.807) is 13.3 Å². The Morgan fingerprint density at radius 1 is 1.28 bits per heavy atom. The Bertz CT molecular complexity index is 338. The predicted molar refractivity (Wildman–Crippen MR) is 74.2 cm³/mol. The summed E-state index contributed by atoms with van der Waals surface area (Å²) in [4.78, 5) is 4.21. The molecule has 0 radical (unpaired) electrons. The van der Waals surface area contributed by atoms with Crippen LogP contribution in [-0.2, 0) is 0 Å². The first kappa shape index (κ1) is 14.9. The zero-order chi connectivity index (χ0) is 13.4. The maximum absolute atomic E-state index is 5.74. The molecule has 18 heavy (non-hydrogen) atoms. The average Bonchev–Trinajstić information content (AvgIpc) is 2.40. The molecule has 0 fully saturated rings. The van der Waals surface area contributed by atoms with Gasteiger partial charge in [-0.1, -0.05) is 26.7 Å². The van der Waals surface area contributed by atoms with Gasteiger partial charge in [-0.05, 0) is 30.4 Å². The summed E-state index contributed by atoms with van der Waals surface area (Å²) in [5, 5.41) is 0. The first-order chi connectivity index (χ1) is 8.76. The summed E-state index contributed by atoms with van der Waals surface area (Å²) in [6, 6.07) is 2.16. The van der Waals surface area contributed by atoms with Crippen LogP contribution in [0.1, 0.15) is 51.1 Å². The molecule has 0 amide bonds. The molecule has 3 N–H and O–H groups in total. The number of aromatic nitrogens is 1. The van der Waals surface area contributed by atoms with E-state index in [-0.39, 0.29) is 6.04 Å². The second-order valence-electron chi connectivity index (χ2n) is 4.64. The normalized spacial score (nSPS) is 12.7. The van der Waals surface area contributed by atoms with Crippen LogP contribution in [0, 0.1) is 5.92 Å². The quantitative estimate of drug-likeness (QED) is 0.551. The smallest absolute Gasteiger partial charge is 0.137 e. The molecular formula is C14H25N3O. The van der Waals surface area contributed by atoms with Gasteiger partial charge in [0, 0.05) is 6.20 Å². The highest BCUT2D eigenvalue weighted by molar-refractivity contribution is 5.26. The molecule has 0 aliphatic rings. The van der Waals surface area contributed by atoms with Gasteiger partial charge in [0.05, 0.1) is 19.3 Å². The van der Waals surface area contributed by atoms with E-state index in [1.807, 2.05) is 12.3 Å². The van der Waals surface area contributed by atoms with Crippen molar-refractivity contribution in [3.05, 3.63) is 24.0 Å². The summed E-state index contributed by atoms with van der Waals surface area (Å²) in [6.07, 6.45) is 8.25. The molecule has 1 rings (SSSR count). The molecule has 1 heterocycles. The third-order valence-electron chi connectivity index (χ3n) is 3.30. The molecule has 4 heteroatoms. The molecule has 0 spiro atoms. The van der Waals surface area contributed by atoms with E-state index in [0.717, 1.165) is 11.3 Å². The Kier molecular flexibility index (Phi) is 6.68. The van der Waals surface area contributed by atoms with Crippen molar-refractivity contribution in [1.82, 2.24) is 10.4 Å². The Balaban J connectivity index is 2.90. The molecule has 0 bridgehead atoms. The van der Waals surface area contributed by atoms with Gasteiger partial charge >= 0.3 is 0 Å². The standard InChI is InChI=1S/C14H25N3O/c1-4-6-11(7-5-2)14(17-15)12-8-13(18-3)10-16-9-12/h8-11,14,17H,4-7,15H2,1-3H3. The number of nitrogens with zero attached hydrogens (tertiary/aromatic N) is 1. The lowest BCUT2D eigenvalue weighted by Crippen LogP contribution is -2.33. The van der Waals surface area contributed by atoms with Gasteiger partial charge < -0.3 is 4.74 Å². The van der Waals surface area contributed by atoms with Crippen molar-refractivity contribution in [2.24, 2.45) is 11.8 Å². The fourth-order valence-electron chi connectivity index (χ4n) is 2.44. The summed E-state index contributed by atoms with van der Waals surface area (Å²) in [7, 11) is 1.65. The molecule has 0 aliphatic heterocycles. The molecule has 0 aliphatic carbocycles. The molecule has 0 aromatic carbocycles. The number of hydrogen-bond donors (Lipinski definition) is 2. The van der Waals surface area contributed by atoms with Crippen LogP contribution in [0.25, 0.3) is 0 Å². The molecule has 1 unspecified atom stereocenters. The Labute approximate surface area is 110 Å². The van der Waals surface area contributed by atoms with E-state index in [1.165, 1.54) is 25.7 Å². The fraction of sp³-hybridized carbons (Fsp3) is 0.643. The number of pyridine rings is 1. The predicted octanol–water partition coefficient (Wildman–Crippen LogP) is 2.81. The molecule has 1 aromatic rings. The maximum Gasteiger partial charge on any atom is 0.137 e. The minimum absolute atomic E-state index is 0.146. The number of hydrogen-bond acceptors (Lipinski definition) is 4. The Morgan fingerprint density at radius 3 is 2.44 bits per heavy atom. The Hall–Kier alpha value is -1.13. The van der Waals surface area contributed by atoms with Crippen molar-refractivity contribution < 1.29 is 4.74 Å². The van der Waals surface area contributed by atoms with Crippen molar-refractivity contribution in [3.63, 3.8) is 0 Å². The molecule has 0 saturated carbocycles. The van der Waals surface area contributed by atoms with Crippen LogP contribution in [0.3, 0.4) is 0 Å². The summed E-state index contributed by atoms with van der Waals surface area (Å²) in [5.74, 6) is 7.06. The fourth-order valence-corrected chi connectivity index (χ4v) is 2.44. The molecule has 1 atom stereocenters. The number of methoxy groups -OCH3 is 1. The molecule has 0 saturated heterocycles. The van der Waals surface area contributed by atoms with Crippen LogP contribution in [0.2, 0.25) is 0 Å². The van der Waals surface area contributed by atoms with Crippen LogP contribution >= 0.6 is 0 Å². The molecule has 4 nitrogen and oxygen atoms in total. The minimum Gasteiger partial charge on any atom is -0.495 e. The number of hydrazine groups is 1. The number of ether oxygens (including phenoxy) is 1. The lowest BCUT2D eigenvalue weighted by Gasteiger charge is -2.26. The maximum atomic E-state index is 5.74. The van der Waals surface area contributed by atoms with Gasteiger partial charge in [0.15, 0.2) is 0 Å². The SMILES string of the molecule is CCCC(CCC)C(NN)c1cncc(OC)c1. The van der Waals surface area contributed by atoms with Crippen LogP contribution in [-0.4, -0.2) is 12.1 Å². The van der Waals surface area contributed by atoms with E-state index in [9.17, 15) is 0 Å². The average molecular weight is 251 g/mol. The topological polar surface area (TPSA) is 60.2 Å². The van der Waals surface area contributed by atoms with Crippen molar-refractivity contribution >= 4 is 0 Å². The van der Waals surface area contributed by atoms with Gasteiger partial charge in [0.1, 0.15) is 5.75 Å². The van der Waals surface area contributed by atoms with Crippen LogP contribution in [0.4, 0.5) is 0 Å². The first-order valence-electron chi connectivity index (χ1n) is 6.71. The van der Waals surface area contributed by atoms with Crippen LogP contribution < -0.4 is 16.0 Å². The van der Waals surface area contributed by atoms with Crippen molar-refractivity contribution in [2.75, 3.05) is 7.11 Å². The van der Waals surface area contributed by atoms with E-state index in [0.29, 0.717) is 5.92 Å². The van der Waals surface area contributed by atoms with Gasteiger partial charge in [0.25, 0.3) is 0 Å². The molecule has 1 aromatic heterocycles. The van der Waals surface area contributed by atoms with Gasteiger partial charge in [-0.2, -0.15) is 0 Å². The lowest BCUT2D eigenvalue weighted by molar-refractivity contribution is 0.317. The highest BCUT2D eigenvalue weighted by atomic mass is 16.5. The third kappa shape index (κ3) is 3.96. The van der Waals surface area contributed by atoms with Gasteiger partial charge in [-0.3, -0.25) is 16.3 Å². The number of nitrogens with two attached hydrogens (primary N) is 1. The zero-order valence-corrected chi connectivity index (χ0v) is 11.6. The van der Waals surface area contributed by atoms with Crippen molar-refractivity contribution in [2.45, 2.75) is 45.6 Å². The summed E-state index contributed by atoms with van der Waals surface area (Å²) < 4.78 is 5.22. The van der Waals surface area contributed by atoms with Gasteiger partial charge in [-0.15, -0.1) is 0 Å². The Morgan fingerprint density at radius 2 is 1.94 bits per heavy atom. The van der Waals surface area contributed by atoms with Gasteiger partial charge in [-0.25, -0.2) is 0 Å². The van der Waals surface area contributed by atoms with Crippen molar-refractivity contribution in [1.29, 1.82) is 0 Å². The lowest BCUT2D eigenvalue weighted by atomic mass is 9.87. The second-order valence-corrected chi connectivity index (χ2v) is 4.64. The molecule has 102 valence electrons. The largest absolute Gasteiger partial charge is 0.495 e. The number of rotatable bonds is 8. The molecular weight excluding hydrogens is 226 g/mol. The van der Waals surface area contributed by atoms with E-state index in [4.69, 9.17) is 10.6 Å². The third-order valence-corrected chi connectivity index (χ3v) is 3.30. The van der Waals surface area contributed by atoms with E-state index >= 15 is 0 Å². The van der Waals surface area contributed by atoms with E-state index < -0.39 is 0 Å². The summed E-state index contributed by atoms with van der Waals surface area (Å²) in [6.45, 7) is 4.42. The van der Waals surface area contributed by atoms with Gasteiger partial charge in [0.2, 0.25) is 0 Å². The minimum atomic E-state index is 0.146. The summed E-state index contributed by atoms with van der Waals surface area (Å²) in [5.41, 5.74) is 4.04. The summed E-state index contributed by atoms with van der Waals surface area (Å²) >= 11 is 0. The van der Waals surface area contributed by atoms with Crippen molar-refractivity contribution in [3.8, 4) is 5.75 Å². The van der Waals surface area contributed by atoms with E-state index in [2.05, 4.69) is 24.3 Å². The second kappa shape index (κ2) is 8.06. The zero-order valence-electron chi connectivity index (χ0n) is 11.6. The monoisotopic (exact) mass is 251 g/mol. The first-order valence-corrected chi connectivity index (χ1v) is 6.71. The van der Waals surface area contributed by atoms with Crippen LogP contribution in [0.15, 0.2) is 18.5 Å². The highest BCUT2D eigenvalue weighted by Gasteiger charge is 2.21. The van der Waals surface area contributed by atoms with Crippen LogP contribution in [0.5, 0.6) is 5.75 Å².